The number of alkyl halides is 1. The second-order valence-corrected chi connectivity index (χ2v) is 8.88. The van der Waals surface area contributed by atoms with Gasteiger partial charge in [0.15, 0.2) is 0 Å². The molecule has 182 valence electrons. The van der Waals surface area contributed by atoms with Crippen LogP contribution in [0.15, 0.2) is 30.7 Å². The molecule has 4 aromatic rings. The molecule has 5 rings (SSSR count). The lowest BCUT2D eigenvalue weighted by atomic mass is 10.1. The van der Waals surface area contributed by atoms with Gasteiger partial charge in [-0.05, 0) is 12.5 Å². The highest BCUT2D eigenvalue weighted by Crippen LogP contribution is 2.45. The van der Waals surface area contributed by atoms with Gasteiger partial charge in [-0.15, -0.1) is 0 Å². The Labute approximate surface area is 209 Å². The molecule has 0 aliphatic carbocycles. The van der Waals surface area contributed by atoms with Crippen LogP contribution in [0.25, 0.3) is 33.4 Å². The molecule has 35 heavy (non-hydrogen) atoms. The van der Waals surface area contributed by atoms with E-state index in [1.165, 1.54) is 23.8 Å². The number of likely N-dealkylation sites (tertiary alicyclic amines) is 1. The number of benzene rings is 1. The molecule has 1 N–H and O–H groups in total. The van der Waals surface area contributed by atoms with Gasteiger partial charge in [0.25, 0.3) is 0 Å². The number of carbonyl (C=O) groups is 1. The fourth-order valence-electron chi connectivity index (χ4n) is 4.14. The fourth-order valence-corrected chi connectivity index (χ4v) is 4.83. The summed E-state index contributed by atoms with van der Waals surface area (Å²) < 4.78 is 25.6. The second kappa shape index (κ2) is 9.35. The largest absolute Gasteiger partial charge is 0.495 e. The van der Waals surface area contributed by atoms with Crippen LogP contribution in [0.3, 0.4) is 0 Å². The maximum atomic E-state index is 13.4. The third-order valence-electron chi connectivity index (χ3n) is 5.96. The quantitative estimate of drug-likeness (QED) is 0.406. The van der Waals surface area contributed by atoms with E-state index in [9.17, 15) is 9.18 Å². The van der Waals surface area contributed by atoms with Crippen LogP contribution in [0.2, 0.25) is 10.0 Å². The van der Waals surface area contributed by atoms with E-state index in [0.29, 0.717) is 62.5 Å². The standard InChI is InChI=1S/C23H21Cl2FN6O3/c1-34-17-6-18(35-2)22(25)20(21(17)24)16-5-15-14(8-27-16)23(30-29-15)12-7-28-32(9-12)11-19(33)31-4-3-13(26)10-31/h5-9,13H,3-4,10-11H2,1-2H3,(H,29,30)/t13-/m0/s1. The zero-order valence-corrected chi connectivity index (χ0v) is 20.4. The first-order valence-electron chi connectivity index (χ1n) is 10.8. The van der Waals surface area contributed by atoms with Crippen LogP contribution < -0.4 is 9.47 Å². The highest BCUT2D eigenvalue weighted by Gasteiger charge is 2.26. The van der Waals surface area contributed by atoms with Gasteiger partial charge in [-0.25, -0.2) is 4.39 Å². The highest BCUT2D eigenvalue weighted by atomic mass is 35.5. The number of aromatic nitrogens is 5. The van der Waals surface area contributed by atoms with E-state index in [1.54, 1.807) is 30.7 Å². The molecule has 1 aliphatic heterocycles. The first kappa shape index (κ1) is 23.4. The fraction of sp³-hybridized carbons (Fsp3) is 0.304. The van der Waals surface area contributed by atoms with Crippen molar-refractivity contribution in [1.29, 1.82) is 0 Å². The molecule has 1 aromatic carbocycles. The minimum atomic E-state index is -0.956. The van der Waals surface area contributed by atoms with Crippen molar-refractivity contribution in [2.24, 2.45) is 0 Å². The summed E-state index contributed by atoms with van der Waals surface area (Å²) in [5.74, 6) is 0.654. The Kier molecular flexibility index (Phi) is 6.24. The number of nitrogens with one attached hydrogen (secondary N) is 1. The summed E-state index contributed by atoms with van der Waals surface area (Å²) in [5.41, 5.74) is 3.03. The number of rotatable bonds is 6. The van der Waals surface area contributed by atoms with Gasteiger partial charge in [0, 0.05) is 41.5 Å². The Bertz CT molecular complexity index is 1390. The van der Waals surface area contributed by atoms with Crippen molar-refractivity contribution in [1.82, 2.24) is 29.9 Å². The Hall–Kier alpha value is -3.37. The summed E-state index contributed by atoms with van der Waals surface area (Å²) in [6.07, 6.45) is 4.44. The summed E-state index contributed by atoms with van der Waals surface area (Å²) in [5, 5.41) is 13.1. The van der Waals surface area contributed by atoms with E-state index in [4.69, 9.17) is 32.7 Å². The normalized spacial score (nSPS) is 15.7. The molecule has 1 saturated heterocycles. The average Bonchev–Trinajstić information content (AvgIpc) is 3.59. The predicted molar refractivity (Wildman–Crippen MR) is 130 cm³/mol. The number of pyridine rings is 1. The van der Waals surface area contributed by atoms with Gasteiger partial charge < -0.3 is 14.4 Å². The number of H-pyrrole nitrogens is 1. The maximum Gasteiger partial charge on any atom is 0.244 e. The number of carbonyl (C=O) groups excluding carboxylic acids is 1. The minimum absolute atomic E-state index is 0.0339. The van der Waals surface area contributed by atoms with Gasteiger partial charge in [-0.1, -0.05) is 23.2 Å². The molecule has 0 spiro atoms. The molecule has 3 aromatic heterocycles. The van der Waals surface area contributed by atoms with Crippen LogP contribution in [-0.4, -0.2) is 69.2 Å². The summed E-state index contributed by atoms with van der Waals surface area (Å²) >= 11 is 13.1. The van der Waals surface area contributed by atoms with Crippen molar-refractivity contribution in [2.45, 2.75) is 19.1 Å². The Morgan fingerprint density at radius 1 is 1.20 bits per heavy atom. The van der Waals surface area contributed by atoms with Crippen molar-refractivity contribution < 1.29 is 18.7 Å². The maximum absolute atomic E-state index is 13.4. The molecule has 0 saturated carbocycles. The van der Waals surface area contributed by atoms with Crippen molar-refractivity contribution >= 4 is 40.0 Å². The number of halogens is 3. The van der Waals surface area contributed by atoms with Crippen molar-refractivity contribution in [3.05, 3.63) is 40.8 Å². The second-order valence-electron chi connectivity index (χ2n) is 8.12. The molecule has 1 aliphatic rings. The van der Waals surface area contributed by atoms with Gasteiger partial charge in [0.05, 0.1) is 48.2 Å². The van der Waals surface area contributed by atoms with E-state index in [-0.39, 0.29) is 19.0 Å². The topological polar surface area (TPSA) is 98.2 Å². The minimum Gasteiger partial charge on any atom is -0.495 e. The number of hydrogen-bond acceptors (Lipinski definition) is 6. The summed E-state index contributed by atoms with van der Waals surface area (Å²) in [7, 11) is 3.01. The van der Waals surface area contributed by atoms with Gasteiger partial charge in [-0.2, -0.15) is 10.2 Å². The Morgan fingerprint density at radius 2 is 1.94 bits per heavy atom. The Balaban J connectivity index is 1.44. The third-order valence-corrected chi connectivity index (χ3v) is 6.71. The Morgan fingerprint density at radius 3 is 2.60 bits per heavy atom. The third kappa shape index (κ3) is 4.28. The van der Waals surface area contributed by atoms with E-state index in [2.05, 4.69) is 20.3 Å². The predicted octanol–water partition coefficient (Wildman–Crippen LogP) is 4.38. The average molecular weight is 519 g/mol. The first-order chi connectivity index (χ1) is 16.9. The lowest BCUT2D eigenvalue weighted by Crippen LogP contribution is -2.32. The molecule has 1 atom stereocenters. The van der Waals surface area contributed by atoms with E-state index in [1.807, 2.05) is 0 Å². The number of methoxy groups -OCH3 is 2. The SMILES string of the molecule is COc1cc(OC)c(Cl)c(-c2cc3[nH]nc(-c4cnn(CC(=O)N5CC[C@H](F)C5)c4)c3cn2)c1Cl. The summed E-state index contributed by atoms with van der Waals surface area (Å²) in [4.78, 5) is 18.5. The number of aromatic amines is 1. The van der Waals surface area contributed by atoms with Crippen LogP contribution >= 0.6 is 23.2 Å². The molecule has 0 radical (unpaired) electrons. The number of nitrogens with zero attached hydrogens (tertiary/aromatic N) is 5. The van der Waals surface area contributed by atoms with Crippen LogP contribution in [0.1, 0.15) is 6.42 Å². The monoisotopic (exact) mass is 518 g/mol. The molecule has 0 unspecified atom stereocenters. The molecule has 0 bridgehead atoms. The van der Waals surface area contributed by atoms with Crippen LogP contribution in [-0.2, 0) is 11.3 Å². The lowest BCUT2D eigenvalue weighted by Gasteiger charge is -2.14. The number of ether oxygens (including phenoxy) is 2. The van der Waals surface area contributed by atoms with Crippen molar-refractivity contribution in [2.75, 3.05) is 27.3 Å². The molecular weight excluding hydrogens is 498 g/mol. The van der Waals surface area contributed by atoms with E-state index >= 15 is 0 Å². The van der Waals surface area contributed by atoms with Crippen LogP contribution in [0.4, 0.5) is 4.39 Å². The van der Waals surface area contributed by atoms with Crippen LogP contribution in [0.5, 0.6) is 11.5 Å². The van der Waals surface area contributed by atoms with Crippen LogP contribution in [0, 0.1) is 0 Å². The van der Waals surface area contributed by atoms with Gasteiger partial charge in [0.2, 0.25) is 5.91 Å². The van der Waals surface area contributed by atoms with E-state index in [0.717, 1.165) is 5.39 Å². The van der Waals surface area contributed by atoms with E-state index < -0.39 is 6.17 Å². The summed E-state index contributed by atoms with van der Waals surface area (Å²) in [6, 6.07) is 3.40. The molecular formula is C23H21Cl2FN6O3. The zero-order valence-electron chi connectivity index (χ0n) is 18.9. The smallest absolute Gasteiger partial charge is 0.244 e. The molecule has 12 heteroatoms. The van der Waals surface area contributed by atoms with Crippen molar-refractivity contribution in [3.63, 3.8) is 0 Å². The molecule has 9 nitrogen and oxygen atoms in total. The number of hydrogen-bond donors (Lipinski definition) is 1. The first-order valence-corrected chi connectivity index (χ1v) is 11.5. The van der Waals surface area contributed by atoms with Crippen molar-refractivity contribution in [3.8, 4) is 34.0 Å². The lowest BCUT2D eigenvalue weighted by molar-refractivity contribution is -0.131. The zero-order chi connectivity index (χ0) is 24.7. The highest BCUT2D eigenvalue weighted by molar-refractivity contribution is 6.41. The number of fused-ring (bicyclic) bond motifs is 1. The molecule has 1 fully saturated rings. The summed E-state index contributed by atoms with van der Waals surface area (Å²) in [6.45, 7) is 0.601. The number of amides is 1. The van der Waals surface area contributed by atoms with Gasteiger partial charge in [0.1, 0.15) is 29.9 Å². The van der Waals surface area contributed by atoms with Gasteiger partial charge in [-0.3, -0.25) is 19.6 Å². The van der Waals surface area contributed by atoms with Gasteiger partial charge >= 0.3 is 0 Å². The molecule has 1 amide bonds. The molecule has 4 heterocycles.